The van der Waals surface area contributed by atoms with Gasteiger partial charge < -0.3 is 19.8 Å². The summed E-state index contributed by atoms with van der Waals surface area (Å²) in [5, 5.41) is 23.0. The average molecular weight is 447 g/mol. The van der Waals surface area contributed by atoms with Gasteiger partial charge in [0.15, 0.2) is 17.5 Å². The molecule has 0 bridgehead atoms. The molecule has 33 heavy (non-hydrogen) atoms. The van der Waals surface area contributed by atoms with E-state index in [0.29, 0.717) is 23.6 Å². The van der Waals surface area contributed by atoms with E-state index in [0.717, 1.165) is 17.3 Å². The number of carbonyl (C=O) groups is 1. The van der Waals surface area contributed by atoms with Gasteiger partial charge in [-0.15, -0.1) is 20.4 Å². The highest BCUT2D eigenvalue weighted by atomic mass is 16.1. The molecular weight excluding hydrogens is 420 g/mol. The number of amides is 1. The lowest BCUT2D eigenvalue weighted by atomic mass is 10.0. The molecule has 0 saturated carbocycles. The van der Waals surface area contributed by atoms with Crippen LogP contribution in [0.4, 0.5) is 5.69 Å². The third kappa shape index (κ3) is 4.86. The van der Waals surface area contributed by atoms with Gasteiger partial charge in [0.05, 0.1) is 12.6 Å². The summed E-state index contributed by atoms with van der Waals surface area (Å²) in [6.45, 7) is 4.51. The molecule has 170 valence electrons. The van der Waals surface area contributed by atoms with Crippen molar-refractivity contribution < 1.29 is 4.79 Å². The maximum Gasteiger partial charge on any atom is 0.251 e. The highest BCUT2D eigenvalue weighted by molar-refractivity contribution is 5.95. The normalized spacial score (nSPS) is 12.0. The molecule has 1 amide bonds. The lowest BCUT2D eigenvalue weighted by Gasteiger charge is -2.21. The summed E-state index contributed by atoms with van der Waals surface area (Å²) in [6, 6.07) is 8.87. The SMILES string of the molecule is CC(C)C(NC(=O)c1cccc(NCc2nnc(-c3ccncn3)n2C)c1)c1nncn1C. The van der Waals surface area contributed by atoms with Gasteiger partial charge in [-0.25, -0.2) is 9.97 Å². The maximum atomic E-state index is 13.0. The molecular formula is C22H26N10O. The van der Waals surface area contributed by atoms with E-state index in [9.17, 15) is 4.79 Å². The molecule has 0 spiro atoms. The summed E-state index contributed by atoms with van der Waals surface area (Å²) in [6.07, 6.45) is 4.77. The van der Waals surface area contributed by atoms with Crippen LogP contribution in [0.5, 0.6) is 0 Å². The van der Waals surface area contributed by atoms with E-state index in [1.54, 1.807) is 24.7 Å². The van der Waals surface area contributed by atoms with Crippen LogP contribution in [-0.4, -0.2) is 45.4 Å². The van der Waals surface area contributed by atoms with E-state index in [1.807, 2.05) is 55.3 Å². The molecule has 2 N–H and O–H groups in total. The van der Waals surface area contributed by atoms with Crippen molar-refractivity contribution in [1.29, 1.82) is 0 Å². The second-order valence-corrected chi connectivity index (χ2v) is 8.02. The average Bonchev–Trinajstić information content (AvgIpc) is 3.41. The first-order chi connectivity index (χ1) is 15.9. The predicted octanol–water partition coefficient (Wildman–Crippen LogP) is 2.14. The van der Waals surface area contributed by atoms with Crippen molar-refractivity contribution in [3.63, 3.8) is 0 Å². The van der Waals surface area contributed by atoms with Gasteiger partial charge in [-0.05, 0) is 30.2 Å². The minimum atomic E-state index is -0.250. The van der Waals surface area contributed by atoms with E-state index in [1.165, 1.54) is 6.33 Å². The summed E-state index contributed by atoms with van der Waals surface area (Å²) in [5.41, 5.74) is 2.05. The van der Waals surface area contributed by atoms with Crippen molar-refractivity contribution in [2.75, 3.05) is 5.32 Å². The molecule has 3 heterocycles. The second kappa shape index (κ2) is 9.55. The van der Waals surface area contributed by atoms with Gasteiger partial charge in [0.25, 0.3) is 5.91 Å². The number of carbonyl (C=O) groups excluding carboxylic acids is 1. The molecule has 11 heteroatoms. The van der Waals surface area contributed by atoms with Crippen LogP contribution in [0.1, 0.15) is 41.9 Å². The Morgan fingerprint density at radius 1 is 1.12 bits per heavy atom. The summed E-state index contributed by atoms with van der Waals surface area (Å²) in [4.78, 5) is 21.1. The zero-order valence-corrected chi connectivity index (χ0v) is 19.0. The first-order valence-electron chi connectivity index (χ1n) is 10.6. The lowest BCUT2D eigenvalue weighted by Crippen LogP contribution is -2.33. The van der Waals surface area contributed by atoms with Crippen molar-refractivity contribution >= 4 is 11.6 Å². The number of hydrogen-bond donors (Lipinski definition) is 2. The molecule has 0 aliphatic carbocycles. The van der Waals surface area contributed by atoms with Gasteiger partial charge in [0, 0.05) is 31.5 Å². The minimum absolute atomic E-state index is 0.151. The Bertz CT molecular complexity index is 1230. The first kappa shape index (κ1) is 22.1. The predicted molar refractivity (Wildman–Crippen MR) is 122 cm³/mol. The highest BCUT2D eigenvalue weighted by Crippen LogP contribution is 2.21. The van der Waals surface area contributed by atoms with E-state index >= 15 is 0 Å². The van der Waals surface area contributed by atoms with Crippen LogP contribution < -0.4 is 10.6 Å². The molecule has 3 aromatic heterocycles. The number of rotatable bonds is 8. The summed E-state index contributed by atoms with van der Waals surface area (Å²) in [5.74, 6) is 2.09. The van der Waals surface area contributed by atoms with E-state index in [4.69, 9.17) is 0 Å². The van der Waals surface area contributed by atoms with Crippen LogP contribution in [0.15, 0.2) is 49.2 Å². The Hall–Kier alpha value is -4.15. The van der Waals surface area contributed by atoms with Gasteiger partial charge in [-0.1, -0.05) is 19.9 Å². The van der Waals surface area contributed by atoms with Crippen LogP contribution in [0.25, 0.3) is 11.5 Å². The van der Waals surface area contributed by atoms with Crippen molar-refractivity contribution in [1.82, 2.24) is 44.8 Å². The fourth-order valence-electron chi connectivity index (χ4n) is 3.44. The number of hydrogen-bond acceptors (Lipinski definition) is 8. The fourth-order valence-corrected chi connectivity index (χ4v) is 3.44. The number of benzene rings is 1. The zero-order valence-electron chi connectivity index (χ0n) is 19.0. The molecule has 0 radical (unpaired) electrons. The molecule has 0 aliphatic heterocycles. The minimum Gasteiger partial charge on any atom is -0.378 e. The van der Waals surface area contributed by atoms with Crippen LogP contribution in [-0.2, 0) is 20.6 Å². The molecule has 1 unspecified atom stereocenters. The van der Waals surface area contributed by atoms with Gasteiger partial charge in [-0.2, -0.15) is 0 Å². The van der Waals surface area contributed by atoms with Gasteiger partial charge >= 0.3 is 0 Å². The third-order valence-corrected chi connectivity index (χ3v) is 5.33. The Balaban J connectivity index is 1.45. The molecule has 4 rings (SSSR count). The number of aromatic nitrogens is 8. The van der Waals surface area contributed by atoms with Gasteiger partial charge in [0.2, 0.25) is 0 Å². The summed E-state index contributed by atoms with van der Waals surface area (Å²) in [7, 11) is 3.75. The molecule has 0 aliphatic rings. The summed E-state index contributed by atoms with van der Waals surface area (Å²) >= 11 is 0. The van der Waals surface area contributed by atoms with Crippen molar-refractivity contribution in [3.8, 4) is 11.5 Å². The van der Waals surface area contributed by atoms with Crippen LogP contribution >= 0.6 is 0 Å². The Morgan fingerprint density at radius 2 is 1.97 bits per heavy atom. The standard InChI is InChI=1S/C22H26N10O/c1-14(2)19(21-29-26-13-31(21)3)27-22(33)15-6-5-7-16(10-15)24-11-18-28-30-20(32(18)4)17-8-9-23-12-25-17/h5-10,12-14,19,24H,11H2,1-4H3,(H,27,33). The topological polar surface area (TPSA) is 128 Å². The third-order valence-electron chi connectivity index (χ3n) is 5.33. The molecule has 0 fully saturated rings. The first-order valence-corrected chi connectivity index (χ1v) is 10.6. The van der Waals surface area contributed by atoms with Crippen molar-refractivity contribution in [2.45, 2.75) is 26.4 Å². The zero-order chi connectivity index (χ0) is 23.4. The smallest absolute Gasteiger partial charge is 0.251 e. The number of anilines is 1. The number of nitrogens with one attached hydrogen (secondary N) is 2. The fraction of sp³-hybridized carbons (Fsp3) is 0.318. The molecule has 1 aromatic carbocycles. The lowest BCUT2D eigenvalue weighted by molar-refractivity contribution is 0.0922. The van der Waals surface area contributed by atoms with Crippen molar-refractivity contribution in [2.24, 2.45) is 20.0 Å². The van der Waals surface area contributed by atoms with Crippen molar-refractivity contribution in [3.05, 3.63) is 66.4 Å². The summed E-state index contributed by atoms with van der Waals surface area (Å²) < 4.78 is 3.69. The highest BCUT2D eigenvalue weighted by Gasteiger charge is 2.23. The molecule has 11 nitrogen and oxygen atoms in total. The molecule has 4 aromatic rings. The number of aryl methyl sites for hydroxylation is 1. The Morgan fingerprint density at radius 3 is 2.67 bits per heavy atom. The Labute approximate surface area is 191 Å². The number of nitrogens with zero attached hydrogens (tertiary/aromatic N) is 8. The van der Waals surface area contributed by atoms with Crippen LogP contribution in [0.3, 0.4) is 0 Å². The molecule has 1 atom stereocenters. The Kier molecular flexibility index (Phi) is 6.38. The van der Waals surface area contributed by atoms with Gasteiger partial charge in [0.1, 0.15) is 18.3 Å². The second-order valence-electron chi connectivity index (χ2n) is 8.02. The quantitative estimate of drug-likeness (QED) is 0.421. The van der Waals surface area contributed by atoms with E-state index in [-0.39, 0.29) is 17.9 Å². The van der Waals surface area contributed by atoms with Crippen LogP contribution in [0, 0.1) is 5.92 Å². The molecule has 0 saturated heterocycles. The maximum absolute atomic E-state index is 13.0. The van der Waals surface area contributed by atoms with Crippen LogP contribution in [0.2, 0.25) is 0 Å². The van der Waals surface area contributed by atoms with E-state index in [2.05, 4.69) is 41.0 Å². The van der Waals surface area contributed by atoms with E-state index < -0.39 is 0 Å². The monoisotopic (exact) mass is 446 g/mol. The largest absolute Gasteiger partial charge is 0.378 e. The van der Waals surface area contributed by atoms with Gasteiger partial charge in [-0.3, -0.25) is 4.79 Å².